The summed E-state index contributed by atoms with van der Waals surface area (Å²) in [7, 11) is 0. The summed E-state index contributed by atoms with van der Waals surface area (Å²) in [6.45, 7) is 0. The Morgan fingerprint density at radius 2 is 1.90 bits per heavy atom. The van der Waals surface area contributed by atoms with Gasteiger partial charge in [-0.05, 0) is 25.0 Å². The first kappa shape index (κ1) is 14.3. The molecule has 4 nitrogen and oxygen atoms in total. The monoisotopic (exact) mass is 280 g/mol. The Kier molecular flexibility index (Phi) is 3.89. The number of rotatable bonds is 4. The van der Waals surface area contributed by atoms with E-state index in [1.54, 1.807) is 6.07 Å². The molecule has 1 aromatic rings. The minimum Gasteiger partial charge on any atom is -0.481 e. The highest BCUT2D eigenvalue weighted by Crippen LogP contribution is 2.37. The van der Waals surface area contributed by atoms with E-state index >= 15 is 0 Å². The van der Waals surface area contributed by atoms with Gasteiger partial charge in [0.25, 0.3) is 0 Å². The van der Waals surface area contributed by atoms with Gasteiger partial charge in [0.1, 0.15) is 5.69 Å². The molecule has 0 saturated heterocycles. The van der Waals surface area contributed by atoms with E-state index in [4.69, 9.17) is 10.4 Å². The first-order valence-electron chi connectivity index (χ1n) is 6.35. The Balaban J connectivity index is 2.32. The molecule has 106 valence electrons. The third-order valence-electron chi connectivity index (χ3n) is 3.61. The number of carboxylic acid groups (broad SMARTS) is 1. The van der Waals surface area contributed by atoms with Crippen LogP contribution in [-0.2, 0) is 4.79 Å². The van der Waals surface area contributed by atoms with Gasteiger partial charge in [-0.3, -0.25) is 4.79 Å². The fourth-order valence-electron chi connectivity index (χ4n) is 2.71. The molecule has 1 fully saturated rings. The Bertz CT molecular complexity index is 552. The quantitative estimate of drug-likeness (QED) is 0.889. The lowest BCUT2D eigenvalue weighted by Crippen LogP contribution is -2.38. The van der Waals surface area contributed by atoms with E-state index in [9.17, 15) is 13.6 Å². The largest absolute Gasteiger partial charge is 0.481 e. The highest BCUT2D eigenvalue weighted by Gasteiger charge is 2.37. The van der Waals surface area contributed by atoms with Crippen LogP contribution in [0.1, 0.15) is 37.7 Å². The maximum Gasteiger partial charge on any atom is 0.305 e. The molecule has 0 heterocycles. The van der Waals surface area contributed by atoms with Crippen LogP contribution in [0.25, 0.3) is 0 Å². The van der Waals surface area contributed by atoms with E-state index in [0.29, 0.717) is 12.8 Å². The Labute approximate surface area is 115 Å². The summed E-state index contributed by atoms with van der Waals surface area (Å²) in [5.41, 5.74) is -1.28. The summed E-state index contributed by atoms with van der Waals surface area (Å²) in [6, 6.07) is 3.55. The first-order chi connectivity index (χ1) is 9.46. The van der Waals surface area contributed by atoms with E-state index in [0.717, 1.165) is 25.0 Å². The van der Waals surface area contributed by atoms with Crippen molar-refractivity contribution in [2.75, 3.05) is 5.32 Å². The number of carboxylic acids is 1. The predicted molar refractivity (Wildman–Crippen MR) is 68.1 cm³/mol. The topological polar surface area (TPSA) is 73.1 Å². The Morgan fingerprint density at radius 1 is 1.35 bits per heavy atom. The van der Waals surface area contributed by atoms with Crippen molar-refractivity contribution in [3.8, 4) is 6.07 Å². The normalized spacial score (nSPS) is 16.6. The van der Waals surface area contributed by atoms with Gasteiger partial charge >= 0.3 is 5.97 Å². The van der Waals surface area contributed by atoms with Crippen LogP contribution in [0.5, 0.6) is 0 Å². The smallest absolute Gasteiger partial charge is 0.305 e. The molecular weight excluding hydrogens is 266 g/mol. The van der Waals surface area contributed by atoms with Gasteiger partial charge in [-0.2, -0.15) is 5.26 Å². The second kappa shape index (κ2) is 5.45. The van der Waals surface area contributed by atoms with Crippen LogP contribution in [0.15, 0.2) is 12.1 Å². The molecule has 6 heteroatoms. The fourth-order valence-corrected chi connectivity index (χ4v) is 2.71. The van der Waals surface area contributed by atoms with E-state index in [1.807, 2.05) is 0 Å². The predicted octanol–water partition coefficient (Wildman–Crippen LogP) is 3.04. The van der Waals surface area contributed by atoms with E-state index in [-0.39, 0.29) is 17.7 Å². The van der Waals surface area contributed by atoms with Crippen molar-refractivity contribution in [3.63, 3.8) is 0 Å². The average molecular weight is 280 g/mol. The fraction of sp³-hybridized carbons (Fsp3) is 0.429. The van der Waals surface area contributed by atoms with Crippen LogP contribution in [0.4, 0.5) is 14.5 Å². The van der Waals surface area contributed by atoms with Gasteiger partial charge in [0.15, 0.2) is 11.6 Å². The minimum absolute atomic E-state index is 0.107. The zero-order chi connectivity index (χ0) is 14.8. The van der Waals surface area contributed by atoms with Crippen molar-refractivity contribution in [2.24, 2.45) is 0 Å². The molecule has 0 unspecified atom stereocenters. The van der Waals surface area contributed by atoms with Crippen LogP contribution in [0.2, 0.25) is 0 Å². The first-order valence-corrected chi connectivity index (χ1v) is 6.35. The molecular formula is C14H14F2N2O2. The highest BCUT2D eigenvalue weighted by molar-refractivity contribution is 5.70. The molecule has 1 aliphatic rings. The maximum absolute atomic E-state index is 13.9. The zero-order valence-electron chi connectivity index (χ0n) is 10.7. The average Bonchev–Trinajstić information content (AvgIpc) is 2.81. The number of halogens is 2. The number of anilines is 1. The van der Waals surface area contributed by atoms with E-state index in [2.05, 4.69) is 5.32 Å². The van der Waals surface area contributed by atoms with Crippen molar-refractivity contribution in [1.82, 2.24) is 0 Å². The summed E-state index contributed by atoms with van der Waals surface area (Å²) in [4.78, 5) is 11.0. The Morgan fingerprint density at radius 3 is 2.35 bits per heavy atom. The van der Waals surface area contributed by atoms with Crippen molar-refractivity contribution in [1.29, 1.82) is 5.26 Å². The van der Waals surface area contributed by atoms with Gasteiger partial charge in [0.05, 0.1) is 18.1 Å². The lowest BCUT2D eigenvalue weighted by atomic mass is 9.92. The molecule has 0 spiro atoms. The van der Waals surface area contributed by atoms with Crippen LogP contribution in [0.3, 0.4) is 0 Å². The molecule has 0 atom stereocenters. The van der Waals surface area contributed by atoms with Crippen LogP contribution in [0, 0.1) is 23.0 Å². The second-order valence-electron chi connectivity index (χ2n) is 5.11. The summed E-state index contributed by atoms with van der Waals surface area (Å²) >= 11 is 0. The van der Waals surface area contributed by atoms with Gasteiger partial charge in [-0.1, -0.05) is 12.8 Å². The number of aliphatic carboxylic acids is 1. The number of nitrogens with one attached hydrogen (secondary N) is 1. The second-order valence-corrected chi connectivity index (χ2v) is 5.11. The summed E-state index contributed by atoms with van der Waals surface area (Å²) in [6.07, 6.45) is 2.56. The number of benzene rings is 1. The van der Waals surface area contributed by atoms with Gasteiger partial charge in [0, 0.05) is 5.54 Å². The Hall–Kier alpha value is -2.16. The van der Waals surface area contributed by atoms with Crippen LogP contribution >= 0.6 is 0 Å². The van der Waals surface area contributed by atoms with Gasteiger partial charge in [-0.25, -0.2) is 8.78 Å². The molecule has 0 amide bonds. The number of carbonyl (C=O) groups is 1. The molecule has 0 radical (unpaired) electrons. The van der Waals surface area contributed by atoms with E-state index < -0.39 is 23.1 Å². The molecule has 2 rings (SSSR count). The zero-order valence-corrected chi connectivity index (χ0v) is 10.7. The molecule has 1 aromatic carbocycles. The van der Waals surface area contributed by atoms with Gasteiger partial charge < -0.3 is 10.4 Å². The molecule has 0 bridgehead atoms. The molecule has 0 aliphatic heterocycles. The standard InChI is InChI=1S/C14H14F2N2O2/c15-10-5-9(8-17)6-11(16)13(10)18-14(7-12(19)20)3-1-2-4-14/h5-6,18H,1-4,7H2,(H,19,20). The number of hydrogen-bond acceptors (Lipinski definition) is 3. The number of nitrogens with zero attached hydrogens (tertiary/aromatic N) is 1. The van der Waals surface area contributed by atoms with E-state index in [1.165, 1.54) is 0 Å². The van der Waals surface area contributed by atoms with Crippen molar-refractivity contribution < 1.29 is 18.7 Å². The SMILES string of the molecule is N#Cc1cc(F)c(NC2(CC(=O)O)CCCC2)c(F)c1. The molecule has 1 aliphatic carbocycles. The van der Waals surface area contributed by atoms with Crippen LogP contribution < -0.4 is 5.32 Å². The van der Waals surface area contributed by atoms with Crippen molar-refractivity contribution in [3.05, 3.63) is 29.3 Å². The third-order valence-corrected chi connectivity index (χ3v) is 3.61. The summed E-state index contributed by atoms with van der Waals surface area (Å²) < 4.78 is 27.7. The van der Waals surface area contributed by atoms with Gasteiger partial charge in [0.2, 0.25) is 0 Å². The maximum atomic E-state index is 13.9. The van der Waals surface area contributed by atoms with Crippen molar-refractivity contribution in [2.45, 2.75) is 37.6 Å². The van der Waals surface area contributed by atoms with Crippen molar-refractivity contribution >= 4 is 11.7 Å². The van der Waals surface area contributed by atoms with Crippen LogP contribution in [-0.4, -0.2) is 16.6 Å². The summed E-state index contributed by atoms with van der Waals surface area (Å²) in [5, 5.41) is 20.4. The highest BCUT2D eigenvalue weighted by atomic mass is 19.1. The molecule has 1 saturated carbocycles. The molecule has 20 heavy (non-hydrogen) atoms. The molecule has 2 N–H and O–H groups in total. The summed E-state index contributed by atoms with van der Waals surface area (Å²) in [5.74, 6) is -2.76. The lowest BCUT2D eigenvalue weighted by Gasteiger charge is -2.30. The minimum atomic E-state index is -1.01. The molecule has 0 aromatic heterocycles. The number of hydrogen-bond donors (Lipinski definition) is 2. The number of nitriles is 1. The van der Waals surface area contributed by atoms with Gasteiger partial charge in [-0.15, -0.1) is 0 Å². The lowest BCUT2D eigenvalue weighted by molar-refractivity contribution is -0.138. The third kappa shape index (κ3) is 2.87.